The summed E-state index contributed by atoms with van der Waals surface area (Å²) in [6.07, 6.45) is 5.09. The largest absolute Gasteiger partial charge is 0.497 e. The summed E-state index contributed by atoms with van der Waals surface area (Å²) in [4.78, 5) is 24.8. The molecule has 4 aliphatic carbocycles. The van der Waals surface area contributed by atoms with Crippen LogP contribution in [-0.2, 0) is 9.59 Å². The second-order valence-electron chi connectivity index (χ2n) is 7.05. The van der Waals surface area contributed by atoms with E-state index in [1.807, 2.05) is 12.2 Å². The van der Waals surface area contributed by atoms with Gasteiger partial charge in [-0.15, -0.1) is 0 Å². The van der Waals surface area contributed by atoms with Gasteiger partial charge in [0, 0.05) is 6.07 Å². The van der Waals surface area contributed by atoms with E-state index in [4.69, 9.17) is 9.47 Å². The summed E-state index contributed by atoms with van der Waals surface area (Å²) >= 11 is 0. The van der Waals surface area contributed by atoms with Crippen molar-refractivity contribution in [2.45, 2.75) is 6.42 Å². The maximum absolute atomic E-state index is 13.0. The second kappa shape index (κ2) is 5.79. The van der Waals surface area contributed by atoms with E-state index < -0.39 is 17.8 Å². The Morgan fingerprint density at radius 3 is 2.36 bits per heavy atom. The number of carbonyl (C=O) groups excluding carboxylic acids is 1. The van der Waals surface area contributed by atoms with Crippen molar-refractivity contribution in [3.05, 3.63) is 30.4 Å². The first kappa shape index (κ1) is 16.0. The zero-order valence-corrected chi connectivity index (χ0v) is 14.1. The fourth-order valence-corrected chi connectivity index (χ4v) is 4.69. The average molecular weight is 343 g/mol. The van der Waals surface area contributed by atoms with Crippen molar-refractivity contribution in [1.29, 1.82) is 0 Å². The highest BCUT2D eigenvalue weighted by atomic mass is 16.5. The Hall–Kier alpha value is -2.50. The molecule has 2 fully saturated rings. The number of methoxy groups -OCH3 is 2. The lowest BCUT2D eigenvalue weighted by atomic mass is 9.62. The van der Waals surface area contributed by atoms with E-state index in [-0.39, 0.29) is 17.7 Å². The molecule has 132 valence electrons. The number of ether oxygens (including phenoxy) is 2. The van der Waals surface area contributed by atoms with Crippen molar-refractivity contribution in [3.63, 3.8) is 0 Å². The molecule has 2 N–H and O–H groups in total. The van der Waals surface area contributed by atoms with Gasteiger partial charge in [0.1, 0.15) is 11.5 Å². The molecule has 4 aliphatic rings. The highest BCUT2D eigenvalue weighted by Crippen LogP contribution is 2.63. The Labute approximate surface area is 145 Å². The molecule has 0 heterocycles. The third kappa shape index (κ3) is 2.47. The maximum Gasteiger partial charge on any atom is 0.307 e. The number of fused-ring (bicyclic) bond motifs is 1. The van der Waals surface area contributed by atoms with Gasteiger partial charge >= 0.3 is 5.97 Å². The molecule has 2 bridgehead atoms. The van der Waals surface area contributed by atoms with Gasteiger partial charge in [-0.3, -0.25) is 9.59 Å². The smallest absolute Gasteiger partial charge is 0.307 e. The predicted molar refractivity (Wildman–Crippen MR) is 90.5 cm³/mol. The van der Waals surface area contributed by atoms with Gasteiger partial charge in [0.25, 0.3) is 0 Å². The third-order valence-corrected chi connectivity index (χ3v) is 5.91. The lowest BCUT2D eigenvalue weighted by Crippen LogP contribution is -2.48. The molecule has 0 saturated heterocycles. The number of benzene rings is 1. The van der Waals surface area contributed by atoms with E-state index in [9.17, 15) is 14.7 Å². The summed E-state index contributed by atoms with van der Waals surface area (Å²) < 4.78 is 10.5. The van der Waals surface area contributed by atoms with E-state index in [0.29, 0.717) is 29.0 Å². The molecular formula is C19H21NO5. The number of amides is 1. The minimum absolute atomic E-state index is 0.0142. The van der Waals surface area contributed by atoms with E-state index in [1.165, 1.54) is 7.11 Å². The summed E-state index contributed by atoms with van der Waals surface area (Å²) in [5.41, 5.74) is 0.523. The molecule has 1 aromatic rings. The minimum atomic E-state index is -0.883. The van der Waals surface area contributed by atoms with Gasteiger partial charge in [-0.1, -0.05) is 12.2 Å². The SMILES string of the molecule is COc1ccc(NC(=O)[C@@H]2[C@@H]3C=C[C@H]([C@H]4C[C@H]34)[C@@H]2C(=O)O)c(OC)c1. The number of hydrogen-bond acceptors (Lipinski definition) is 4. The summed E-state index contributed by atoms with van der Waals surface area (Å²) in [7, 11) is 3.08. The van der Waals surface area contributed by atoms with Crippen LogP contribution in [0.2, 0.25) is 0 Å². The molecule has 0 unspecified atom stereocenters. The Morgan fingerprint density at radius 1 is 1.08 bits per heavy atom. The van der Waals surface area contributed by atoms with E-state index >= 15 is 0 Å². The van der Waals surface area contributed by atoms with Crippen LogP contribution in [0.15, 0.2) is 30.4 Å². The molecule has 1 aromatic carbocycles. The molecule has 6 heteroatoms. The van der Waals surface area contributed by atoms with Crippen molar-refractivity contribution in [2.75, 3.05) is 19.5 Å². The van der Waals surface area contributed by atoms with Gasteiger partial charge in [-0.05, 0) is 42.2 Å². The van der Waals surface area contributed by atoms with Crippen LogP contribution in [0.3, 0.4) is 0 Å². The maximum atomic E-state index is 13.0. The Bertz CT molecular complexity index is 758. The molecule has 0 aromatic heterocycles. The zero-order chi connectivity index (χ0) is 17.7. The standard InChI is InChI=1S/C19H21NO5/c1-24-9-3-6-14(15(7-9)25-2)20-18(21)16-10-4-5-11(13-8-12(10)13)17(16)19(22)23/h3-7,10-13,16-17H,8H2,1-2H3,(H,20,21)(H,22,23)/t10-,11-,12-,13-,16-,17+/m1/s1. The molecule has 1 amide bonds. The highest BCUT2D eigenvalue weighted by Gasteiger charge is 2.63. The normalized spacial score (nSPS) is 34.2. The van der Waals surface area contributed by atoms with E-state index in [1.54, 1.807) is 25.3 Å². The molecule has 2 saturated carbocycles. The van der Waals surface area contributed by atoms with Crippen LogP contribution >= 0.6 is 0 Å². The number of carboxylic acid groups (broad SMARTS) is 1. The number of rotatable bonds is 5. The van der Waals surface area contributed by atoms with Crippen molar-refractivity contribution in [3.8, 4) is 11.5 Å². The monoisotopic (exact) mass is 343 g/mol. The van der Waals surface area contributed by atoms with Crippen molar-refractivity contribution < 1.29 is 24.2 Å². The van der Waals surface area contributed by atoms with Gasteiger partial charge in [0.15, 0.2) is 0 Å². The van der Waals surface area contributed by atoms with Gasteiger partial charge in [0.2, 0.25) is 5.91 Å². The molecule has 0 radical (unpaired) electrons. The number of aliphatic carboxylic acids is 1. The Kier molecular flexibility index (Phi) is 3.71. The first-order chi connectivity index (χ1) is 12.0. The van der Waals surface area contributed by atoms with E-state index in [0.717, 1.165) is 6.42 Å². The first-order valence-corrected chi connectivity index (χ1v) is 8.49. The Balaban J connectivity index is 1.60. The third-order valence-electron chi connectivity index (χ3n) is 5.91. The minimum Gasteiger partial charge on any atom is -0.497 e. The molecule has 5 rings (SSSR count). The zero-order valence-electron chi connectivity index (χ0n) is 14.1. The number of carbonyl (C=O) groups is 2. The molecule has 0 aliphatic heterocycles. The first-order valence-electron chi connectivity index (χ1n) is 8.49. The molecule has 25 heavy (non-hydrogen) atoms. The molecular weight excluding hydrogens is 322 g/mol. The summed E-state index contributed by atoms with van der Waals surface area (Å²) in [6, 6.07) is 5.13. The van der Waals surface area contributed by atoms with Gasteiger partial charge < -0.3 is 19.9 Å². The fraction of sp³-hybridized carbons (Fsp3) is 0.474. The summed E-state index contributed by atoms with van der Waals surface area (Å²) in [5, 5.41) is 12.6. The average Bonchev–Trinajstić information content (AvgIpc) is 3.43. The lowest BCUT2D eigenvalue weighted by Gasteiger charge is -2.41. The highest BCUT2D eigenvalue weighted by molar-refractivity contribution is 5.97. The van der Waals surface area contributed by atoms with Crippen LogP contribution in [0.4, 0.5) is 5.69 Å². The van der Waals surface area contributed by atoms with Crippen LogP contribution < -0.4 is 14.8 Å². The number of carboxylic acids is 1. The number of allylic oxidation sites excluding steroid dienone is 2. The topological polar surface area (TPSA) is 84.9 Å². The van der Waals surface area contributed by atoms with Gasteiger partial charge in [-0.2, -0.15) is 0 Å². The fourth-order valence-electron chi connectivity index (χ4n) is 4.69. The molecule has 6 atom stereocenters. The van der Waals surface area contributed by atoms with Crippen LogP contribution in [0, 0.1) is 35.5 Å². The van der Waals surface area contributed by atoms with Crippen LogP contribution in [0.25, 0.3) is 0 Å². The van der Waals surface area contributed by atoms with E-state index in [2.05, 4.69) is 5.32 Å². The molecule has 6 nitrogen and oxygen atoms in total. The van der Waals surface area contributed by atoms with Crippen LogP contribution in [0.1, 0.15) is 6.42 Å². The number of nitrogens with one attached hydrogen (secondary N) is 1. The van der Waals surface area contributed by atoms with Gasteiger partial charge in [-0.25, -0.2) is 0 Å². The molecule has 0 spiro atoms. The van der Waals surface area contributed by atoms with Gasteiger partial charge in [0.05, 0.1) is 31.7 Å². The summed E-state index contributed by atoms with van der Waals surface area (Å²) in [6.45, 7) is 0. The van der Waals surface area contributed by atoms with Crippen molar-refractivity contribution in [2.24, 2.45) is 35.5 Å². The van der Waals surface area contributed by atoms with Crippen molar-refractivity contribution in [1.82, 2.24) is 0 Å². The predicted octanol–water partition coefficient (Wildman–Crippen LogP) is 2.41. The van der Waals surface area contributed by atoms with Crippen LogP contribution in [0.5, 0.6) is 11.5 Å². The number of anilines is 1. The van der Waals surface area contributed by atoms with Crippen molar-refractivity contribution >= 4 is 17.6 Å². The Morgan fingerprint density at radius 2 is 1.76 bits per heavy atom. The second-order valence-corrected chi connectivity index (χ2v) is 7.05. The van der Waals surface area contributed by atoms with Crippen LogP contribution in [-0.4, -0.2) is 31.2 Å². The lowest BCUT2D eigenvalue weighted by molar-refractivity contribution is -0.152. The number of hydrogen-bond donors (Lipinski definition) is 2. The quantitative estimate of drug-likeness (QED) is 0.802. The summed E-state index contributed by atoms with van der Waals surface area (Å²) in [5.74, 6) is -0.326.